The van der Waals surface area contributed by atoms with Crippen LogP contribution in [0.2, 0.25) is 0 Å². The summed E-state index contributed by atoms with van der Waals surface area (Å²) in [5.74, 6) is -0.527. The number of benzene rings is 1. The SMILES string of the molecule is O=C(NC(=O)C(Br)CBr)Nc1ccccc1O. The molecule has 1 unspecified atom stereocenters. The summed E-state index contributed by atoms with van der Waals surface area (Å²) < 4.78 is 0. The molecule has 1 atom stereocenters. The Balaban J connectivity index is 2.56. The van der Waals surface area contributed by atoms with Crippen molar-refractivity contribution in [3.8, 4) is 5.75 Å². The Bertz CT molecular complexity index is 426. The second-order valence-corrected chi connectivity index (χ2v) is 4.84. The van der Waals surface area contributed by atoms with Crippen LogP contribution in [0.25, 0.3) is 0 Å². The number of hydrogen-bond donors (Lipinski definition) is 3. The first-order valence-corrected chi connectivity index (χ1v) is 6.68. The number of anilines is 1. The van der Waals surface area contributed by atoms with Gasteiger partial charge in [0.15, 0.2) is 0 Å². The fraction of sp³-hybridized carbons (Fsp3) is 0.200. The van der Waals surface area contributed by atoms with Gasteiger partial charge in [-0.2, -0.15) is 0 Å². The topological polar surface area (TPSA) is 78.4 Å². The van der Waals surface area contributed by atoms with Gasteiger partial charge >= 0.3 is 6.03 Å². The number of aromatic hydroxyl groups is 1. The van der Waals surface area contributed by atoms with E-state index in [0.29, 0.717) is 5.33 Å². The van der Waals surface area contributed by atoms with Crippen molar-refractivity contribution in [2.75, 3.05) is 10.6 Å². The van der Waals surface area contributed by atoms with Crippen LogP contribution in [0.4, 0.5) is 10.5 Å². The van der Waals surface area contributed by atoms with Crippen LogP contribution in [0.15, 0.2) is 24.3 Å². The molecule has 3 N–H and O–H groups in total. The first-order chi connectivity index (χ1) is 8.04. The van der Waals surface area contributed by atoms with Crippen LogP contribution < -0.4 is 10.6 Å². The third kappa shape index (κ3) is 4.35. The number of halogens is 2. The van der Waals surface area contributed by atoms with Crippen molar-refractivity contribution < 1.29 is 14.7 Å². The van der Waals surface area contributed by atoms with E-state index in [9.17, 15) is 14.7 Å². The van der Waals surface area contributed by atoms with E-state index in [1.54, 1.807) is 12.1 Å². The van der Waals surface area contributed by atoms with Crippen LogP contribution in [-0.4, -0.2) is 27.2 Å². The Morgan fingerprint density at radius 3 is 2.59 bits per heavy atom. The number of urea groups is 1. The molecule has 0 radical (unpaired) electrons. The zero-order valence-corrected chi connectivity index (χ0v) is 11.8. The van der Waals surface area contributed by atoms with E-state index >= 15 is 0 Å². The molecule has 92 valence electrons. The van der Waals surface area contributed by atoms with E-state index in [0.717, 1.165) is 0 Å². The highest BCUT2D eigenvalue weighted by molar-refractivity contribution is 9.12. The van der Waals surface area contributed by atoms with Crippen molar-refractivity contribution in [2.45, 2.75) is 4.83 Å². The van der Waals surface area contributed by atoms with Gasteiger partial charge in [0.05, 0.1) is 5.69 Å². The molecular formula is C10H10Br2N2O3. The van der Waals surface area contributed by atoms with Gasteiger partial charge in [-0.15, -0.1) is 0 Å². The van der Waals surface area contributed by atoms with Gasteiger partial charge in [0, 0.05) is 5.33 Å². The molecule has 7 heteroatoms. The van der Waals surface area contributed by atoms with Crippen LogP contribution in [0.3, 0.4) is 0 Å². The van der Waals surface area contributed by atoms with E-state index in [2.05, 4.69) is 42.5 Å². The predicted octanol–water partition coefficient (Wildman–Crippen LogP) is 2.20. The molecule has 0 aromatic heterocycles. The van der Waals surface area contributed by atoms with Crippen molar-refractivity contribution in [1.82, 2.24) is 5.32 Å². The normalized spacial score (nSPS) is 11.6. The number of alkyl halides is 2. The number of hydrogen-bond acceptors (Lipinski definition) is 3. The van der Waals surface area contributed by atoms with Gasteiger partial charge < -0.3 is 10.4 Å². The summed E-state index contributed by atoms with van der Waals surface area (Å²) in [7, 11) is 0. The smallest absolute Gasteiger partial charge is 0.326 e. The number of phenols is 1. The third-order valence-electron chi connectivity index (χ3n) is 1.81. The number of carbonyl (C=O) groups is 2. The fourth-order valence-electron chi connectivity index (χ4n) is 0.993. The van der Waals surface area contributed by atoms with Crippen LogP contribution >= 0.6 is 31.9 Å². The molecule has 0 aliphatic heterocycles. The van der Waals surface area contributed by atoms with Gasteiger partial charge in [-0.1, -0.05) is 44.0 Å². The minimum atomic E-state index is -0.693. The molecule has 1 aromatic carbocycles. The molecule has 17 heavy (non-hydrogen) atoms. The van der Waals surface area contributed by atoms with Crippen molar-refractivity contribution in [3.05, 3.63) is 24.3 Å². The Morgan fingerprint density at radius 1 is 1.35 bits per heavy atom. The van der Waals surface area contributed by atoms with Crippen LogP contribution in [0, 0.1) is 0 Å². The highest BCUT2D eigenvalue weighted by atomic mass is 79.9. The monoisotopic (exact) mass is 364 g/mol. The summed E-state index contributed by atoms with van der Waals surface area (Å²) in [6.07, 6.45) is 0. The fourth-order valence-corrected chi connectivity index (χ4v) is 1.40. The Labute approximate surface area is 115 Å². The van der Waals surface area contributed by atoms with Gasteiger partial charge in [0.2, 0.25) is 5.91 Å². The molecular weight excluding hydrogens is 356 g/mol. The second-order valence-electron chi connectivity index (χ2n) is 3.08. The maximum absolute atomic E-state index is 11.4. The lowest BCUT2D eigenvalue weighted by atomic mass is 10.3. The lowest BCUT2D eigenvalue weighted by Crippen LogP contribution is -2.39. The Hall–Kier alpha value is -1.08. The molecule has 0 spiro atoms. The van der Waals surface area contributed by atoms with Crippen molar-refractivity contribution >= 4 is 49.5 Å². The number of carbonyl (C=O) groups excluding carboxylic acids is 2. The maximum Gasteiger partial charge on any atom is 0.326 e. The number of amides is 3. The van der Waals surface area contributed by atoms with Crippen molar-refractivity contribution in [2.24, 2.45) is 0 Å². The van der Waals surface area contributed by atoms with Gasteiger partial charge in [-0.3, -0.25) is 10.1 Å². The van der Waals surface area contributed by atoms with E-state index in [1.807, 2.05) is 0 Å². The summed E-state index contributed by atoms with van der Waals surface area (Å²) in [6.45, 7) is 0. The standard InChI is InChI=1S/C10H10Br2N2O3/c11-5-6(12)9(16)14-10(17)13-7-3-1-2-4-8(7)15/h1-4,6,15H,5H2,(H2,13,14,16,17). The molecule has 5 nitrogen and oxygen atoms in total. The molecule has 3 amide bonds. The maximum atomic E-state index is 11.4. The summed E-state index contributed by atoms with van der Waals surface area (Å²) in [4.78, 5) is 22.3. The number of imide groups is 1. The van der Waals surface area contributed by atoms with Crippen molar-refractivity contribution in [3.63, 3.8) is 0 Å². The molecule has 0 fully saturated rings. The average molecular weight is 366 g/mol. The van der Waals surface area contributed by atoms with E-state index in [4.69, 9.17) is 0 Å². The molecule has 0 heterocycles. The van der Waals surface area contributed by atoms with Crippen LogP contribution in [0.5, 0.6) is 5.75 Å². The minimum absolute atomic E-state index is 0.0639. The van der Waals surface area contributed by atoms with Crippen molar-refractivity contribution in [1.29, 1.82) is 0 Å². The highest BCUT2D eigenvalue weighted by Crippen LogP contribution is 2.21. The zero-order chi connectivity index (χ0) is 12.8. The lowest BCUT2D eigenvalue weighted by molar-refractivity contribution is -0.118. The van der Waals surface area contributed by atoms with Gasteiger partial charge in [-0.05, 0) is 12.1 Å². The molecule has 1 rings (SSSR count). The number of phenolic OH excluding ortho intramolecular Hbond substituents is 1. The average Bonchev–Trinajstić information content (AvgIpc) is 2.31. The molecule has 0 saturated carbocycles. The van der Waals surface area contributed by atoms with Gasteiger partial charge in [0.25, 0.3) is 0 Å². The Kier molecular flexibility index (Phi) is 5.43. The first kappa shape index (κ1) is 14.0. The largest absolute Gasteiger partial charge is 0.506 e. The van der Waals surface area contributed by atoms with E-state index < -0.39 is 16.8 Å². The highest BCUT2D eigenvalue weighted by Gasteiger charge is 2.16. The summed E-state index contributed by atoms with van der Waals surface area (Å²) in [6, 6.07) is 5.55. The third-order valence-corrected chi connectivity index (χ3v) is 4.06. The quantitative estimate of drug-likeness (QED) is 0.567. The molecule has 0 aliphatic rings. The number of rotatable bonds is 3. The second kappa shape index (κ2) is 6.61. The first-order valence-electron chi connectivity index (χ1n) is 4.64. The number of nitrogens with one attached hydrogen (secondary N) is 2. The lowest BCUT2D eigenvalue weighted by Gasteiger charge is -2.09. The summed E-state index contributed by atoms with van der Waals surface area (Å²) in [5, 5.41) is 14.3. The minimum Gasteiger partial charge on any atom is -0.506 e. The molecule has 1 aromatic rings. The van der Waals surface area contributed by atoms with Gasteiger partial charge in [-0.25, -0.2) is 4.79 Å². The Morgan fingerprint density at radius 2 is 2.00 bits per heavy atom. The molecule has 0 bridgehead atoms. The number of para-hydroxylation sites is 2. The van der Waals surface area contributed by atoms with Crippen LogP contribution in [0.1, 0.15) is 0 Å². The predicted molar refractivity (Wildman–Crippen MR) is 71.8 cm³/mol. The van der Waals surface area contributed by atoms with Crippen LogP contribution in [-0.2, 0) is 4.79 Å². The summed E-state index contributed by atoms with van der Waals surface area (Å²) >= 11 is 6.19. The van der Waals surface area contributed by atoms with E-state index in [-0.39, 0.29) is 11.4 Å². The van der Waals surface area contributed by atoms with Gasteiger partial charge in [0.1, 0.15) is 10.6 Å². The van der Waals surface area contributed by atoms with E-state index in [1.165, 1.54) is 12.1 Å². The summed E-state index contributed by atoms with van der Waals surface area (Å²) in [5.41, 5.74) is 0.239. The molecule has 0 saturated heterocycles. The zero-order valence-electron chi connectivity index (χ0n) is 8.61. The molecule has 0 aliphatic carbocycles.